The summed E-state index contributed by atoms with van der Waals surface area (Å²) >= 11 is 0. The molecular formula is C22H38O3. The Kier molecular flexibility index (Phi) is 5.54. The maximum atomic E-state index is 12.0. The zero-order chi connectivity index (χ0) is 18.4. The van der Waals surface area contributed by atoms with Crippen molar-refractivity contribution in [3.05, 3.63) is 0 Å². The molecule has 3 rings (SSSR count). The molecule has 0 aliphatic heterocycles. The maximum Gasteiger partial charge on any atom is 0.308 e. The molecule has 0 spiro atoms. The summed E-state index contributed by atoms with van der Waals surface area (Å²) in [7, 11) is 0. The zero-order valence-electron chi connectivity index (χ0n) is 17.1. The van der Waals surface area contributed by atoms with Crippen molar-refractivity contribution in [3.8, 4) is 0 Å². The first kappa shape index (κ1) is 19.2. The van der Waals surface area contributed by atoms with Crippen LogP contribution in [-0.2, 0) is 14.3 Å². The molecule has 144 valence electrons. The van der Waals surface area contributed by atoms with Crippen molar-refractivity contribution in [1.82, 2.24) is 0 Å². The van der Waals surface area contributed by atoms with Crippen molar-refractivity contribution >= 4 is 5.97 Å². The number of fused-ring (bicyclic) bond motifs is 5. The largest absolute Gasteiger partial charge is 0.436 e. The van der Waals surface area contributed by atoms with Gasteiger partial charge in [-0.2, -0.15) is 0 Å². The summed E-state index contributed by atoms with van der Waals surface area (Å²) in [4.78, 5) is 12.0. The lowest BCUT2D eigenvalue weighted by molar-refractivity contribution is -0.193. The molecule has 2 bridgehead atoms. The lowest BCUT2D eigenvalue weighted by Gasteiger charge is -2.36. The van der Waals surface area contributed by atoms with Gasteiger partial charge in [0.05, 0.1) is 6.10 Å². The van der Waals surface area contributed by atoms with Crippen LogP contribution in [0.5, 0.6) is 0 Å². The van der Waals surface area contributed by atoms with Crippen LogP contribution in [0, 0.1) is 40.9 Å². The molecule has 0 radical (unpaired) electrons. The second-order valence-electron chi connectivity index (χ2n) is 10.2. The molecule has 3 saturated carbocycles. The Hall–Kier alpha value is -0.570. The van der Waals surface area contributed by atoms with Gasteiger partial charge in [0, 0.05) is 6.42 Å². The third kappa shape index (κ3) is 4.07. The Morgan fingerprint density at radius 2 is 1.88 bits per heavy atom. The first-order chi connectivity index (χ1) is 11.7. The van der Waals surface area contributed by atoms with E-state index in [4.69, 9.17) is 9.47 Å². The molecule has 3 fully saturated rings. The van der Waals surface area contributed by atoms with E-state index in [1.54, 1.807) is 0 Å². The van der Waals surface area contributed by atoms with Gasteiger partial charge in [-0.05, 0) is 73.5 Å². The Bertz CT molecular complexity index is 480. The van der Waals surface area contributed by atoms with Gasteiger partial charge >= 0.3 is 5.97 Å². The summed E-state index contributed by atoms with van der Waals surface area (Å²) < 4.78 is 11.8. The molecule has 0 aromatic heterocycles. The van der Waals surface area contributed by atoms with Crippen LogP contribution < -0.4 is 0 Å². The van der Waals surface area contributed by atoms with E-state index in [-0.39, 0.29) is 11.4 Å². The normalized spacial score (nSPS) is 41.0. The number of rotatable bonds is 6. The van der Waals surface area contributed by atoms with E-state index in [1.807, 2.05) is 6.92 Å². The summed E-state index contributed by atoms with van der Waals surface area (Å²) in [6.45, 7) is 13.2. The highest BCUT2D eigenvalue weighted by molar-refractivity contribution is 5.69. The number of carbonyl (C=O) groups excluding carboxylic acids is 1. The standard InChI is InChI=1S/C22H38O3/c1-7-15-10-13(2)20-17-11-16(21(15)20)12-18(17)24-14(3)25-19(23)8-9-22(4,5)6/h13-18,20-21H,7-12H2,1-6H3. The van der Waals surface area contributed by atoms with Crippen molar-refractivity contribution in [1.29, 1.82) is 0 Å². The molecule has 0 N–H and O–H groups in total. The number of carbonyl (C=O) groups is 1. The van der Waals surface area contributed by atoms with Crippen molar-refractivity contribution in [2.24, 2.45) is 40.9 Å². The van der Waals surface area contributed by atoms with Crippen LogP contribution in [0.3, 0.4) is 0 Å². The van der Waals surface area contributed by atoms with E-state index >= 15 is 0 Å². The fourth-order valence-electron chi connectivity index (χ4n) is 6.27. The Labute approximate surface area is 154 Å². The smallest absolute Gasteiger partial charge is 0.308 e. The minimum absolute atomic E-state index is 0.122. The van der Waals surface area contributed by atoms with Gasteiger partial charge in [0.25, 0.3) is 0 Å². The van der Waals surface area contributed by atoms with Crippen molar-refractivity contribution in [3.63, 3.8) is 0 Å². The van der Waals surface area contributed by atoms with Gasteiger partial charge in [-0.1, -0.05) is 41.0 Å². The van der Waals surface area contributed by atoms with E-state index in [0.29, 0.717) is 18.4 Å². The van der Waals surface area contributed by atoms with Gasteiger partial charge in [0.2, 0.25) is 0 Å². The number of esters is 1. The lowest BCUT2D eigenvalue weighted by atomic mass is 9.74. The fraction of sp³-hybridized carbons (Fsp3) is 0.955. The minimum atomic E-state index is -0.408. The fourth-order valence-corrected chi connectivity index (χ4v) is 6.27. The van der Waals surface area contributed by atoms with Crippen LogP contribution in [0.2, 0.25) is 0 Å². The van der Waals surface area contributed by atoms with Gasteiger partial charge in [-0.15, -0.1) is 0 Å². The third-order valence-corrected chi connectivity index (χ3v) is 7.21. The number of ether oxygens (including phenoxy) is 2. The summed E-state index contributed by atoms with van der Waals surface area (Å²) in [5.41, 5.74) is 0.164. The predicted molar refractivity (Wildman–Crippen MR) is 99.9 cm³/mol. The quantitative estimate of drug-likeness (QED) is 0.473. The molecule has 8 unspecified atom stereocenters. The van der Waals surface area contributed by atoms with Crippen LogP contribution in [0.25, 0.3) is 0 Å². The van der Waals surface area contributed by atoms with Crippen LogP contribution in [-0.4, -0.2) is 18.4 Å². The average Bonchev–Trinajstić information content (AvgIpc) is 3.16. The molecular weight excluding hydrogens is 312 g/mol. The molecule has 8 atom stereocenters. The SMILES string of the molecule is CCC1CC(C)C2C3CC(CC3OC(C)OC(=O)CCC(C)(C)C)C12. The Morgan fingerprint density at radius 3 is 2.52 bits per heavy atom. The van der Waals surface area contributed by atoms with Gasteiger partial charge in [-0.3, -0.25) is 4.79 Å². The minimum Gasteiger partial charge on any atom is -0.436 e. The summed E-state index contributed by atoms with van der Waals surface area (Å²) in [5, 5.41) is 0. The van der Waals surface area contributed by atoms with E-state index < -0.39 is 6.29 Å². The van der Waals surface area contributed by atoms with E-state index in [9.17, 15) is 4.79 Å². The topological polar surface area (TPSA) is 35.5 Å². The van der Waals surface area contributed by atoms with Crippen molar-refractivity contribution in [2.75, 3.05) is 0 Å². The molecule has 0 aromatic carbocycles. The van der Waals surface area contributed by atoms with E-state index in [0.717, 1.165) is 36.0 Å². The molecule has 25 heavy (non-hydrogen) atoms. The molecule has 0 heterocycles. The second kappa shape index (κ2) is 7.21. The van der Waals surface area contributed by atoms with Crippen LogP contribution in [0.1, 0.15) is 80.1 Å². The van der Waals surface area contributed by atoms with Crippen LogP contribution in [0.15, 0.2) is 0 Å². The molecule has 3 heteroatoms. The maximum absolute atomic E-state index is 12.0. The molecule has 3 aliphatic carbocycles. The summed E-state index contributed by atoms with van der Waals surface area (Å²) in [5.74, 6) is 4.97. The molecule has 3 nitrogen and oxygen atoms in total. The lowest BCUT2D eigenvalue weighted by Crippen LogP contribution is -2.36. The molecule has 0 saturated heterocycles. The van der Waals surface area contributed by atoms with Crippen LogP contribution in [0.4, 0.5) is 0 Å². The Morgan fingerprint density at radius 1 is 1.16 bits per heavy atom. The van der Waals surface area contributed by atoms with Gasteiger partial charge < -0.3 is 9.47 Å². The van der Waals surface area contributed by atoms with Crippen molar-refractivity contribution < 1.29 is 14.3 Å². The highest BCUT2D eigenvalue weighted by Gasteiger charge is 2.59. The number of hydrogen-bond acceptors (Lipinski definition) is 3. The van der Waals surface area contributed by atoms with E-state index in [2.05, 4.69) is 34.6 Å². The summed E-state index contributed by atoms with van der Waals surface area (Å²) in [6, 6.07) is 0. The third-order valence-electron chi connectivity index (χ3n) is 7.21. The van der Waals surface area contributed by atoms with Crippen LogP contribution >= 0.6 is 0 Å². The molecule has 3 aliphatic rings. The first-order valence-electron chi connectivity index (χ1n) is 10.5. The molecule has 0 aromatic rings. The first-order valence-corrected chi connectivity index (χ1v) is 10.5. The average molecular weight is 351 g/mol. The van der Waals surface area contributed by atoms with Gasteiger partial charge in [0.15, 0.2) is 6.29 Å². The van der Waals surface area contributed by atoms with Crippen molar-refractivity contribution in [2.45, 2.75) is 92.5 Å². The van der Waals surface area contributed by atoms with Gasteiger partial charge in [-0.25, -0.2) is 0 Å². The number of hydrogen-bond donors (Lipinski definition) is 0. The van der Waals surface area contributed by atoms with Gasteiger partial charge in [0.1, 0.15) is 0 Å². The highest BCUT2D eigenvalue weighted by atomic mass is 16.7. The highest BCUT2D eigenvalue weighted by Crippen LogP contribution is 2.63. The predicted octanol–water partition coefficient (Wildman–Crippen LogP) is 5.43. The zero-order valence-corrected chi connectivity index (χ0v) is 17.1. The Balaban J connectivity index is 1.49. The second-order valence-corrected chi connectivity index (χ2v) is 10.2. The monoisotopic (exact) mass is 350 g/mol. The summed E-state index contributed by atoms with van der Waals surface area (Å²) in [6.07, 6.45) is 6.49. The molecule has 0 amide bonds. The van der Waals surface area contributed by atoms with E-state index in [1.165, 1.54) is 25.7 Å².